The maximum absolute atomic E-state index is 11.6. The molecule has 0 amide bonds. The minimum absolute atomic E-state index is 0.0493. The van der Waals surface area contributed by atoms with Crippen LogP contribution in [-0.4, -0.2) is 30.5 Å². The Labute approximate surface area is 184 Å². The van der Waals surface area contributed by atoms with E-state index in [1.165, 1.54) is 0 Å². The van der Waals surface area contributed by atoms with E-state index in [2.05, 4.69) is 20.4 Å². The average molecular weight is 420 g/mol. The number of hydrogen-bond acceptors (Lipinski definition) is 6. The van der Waals surface area contributed by atoms with Crippen LogP contribution in [0.15, 0.2) is 79.3 Å². The Morgan fingerprint density at radius 3 is 2.41 bits per heavy atom. The Morgan fingerprint density at radius 1 is 0.938 bits per heavy atom. The average Bonchev–Trinajstić information content (AvgIpc) is 3.25. The van der Waals surface area contributed by atoms with Crippen molar-refractivity contribution in [2.45, 2.75) is 13.8 Å². The highest BCUT2D eigenvalue weighted by atomic mass is 16.1. The summed E-state index contributed by atoms with van der Waals surface area (Å²) in [6, 6.07) is 21.4. The molecule has 2 heterocycles. The number of nitrogens with one attached hydrogen (secondary N) is 1. The summed E-state index contributed by atoms with van der Waals surface area (Å²) in [6.45, 7) is 3.42. The highest BCUT2D eigenvalue weighted by molar-refractivity contribution is 5.96. The molecule has 0 radical (unpaired) electrons. The van der Waals surface area contributed by atoms with Gasteiger partial charge < -0.3 is 5.32 Å². The van der Waals surface area contributed by atoms with Crippen LogP contribution in [0.1, 0.15) is 23.1 Å². The first-order valence-corrected chi connectivity index (χ1v) is 10.2. The summed E-state index contributed by atoms with van der Waals surface area (Å²) in [6.07, 6.45) is 3.50. The van der Waals surface area contributed by atoms with Crippen molar-refractivity contribution in [3.05, 3.63) is 90.6 Å². The number of aryl methyl sites for hydroxylation is 1. The van der Waals surface area contributed by atoms with E-state index in [0.29, 0.717) is 11.5 Å². The van der Waals surface area contributed by atoms with Gasteiger partial charge in [-0.2, -0.15) is 5.10 Å². The van der Waals surface area contributed by atoms with E-state index in [9.17, 15) is 4.79 Å². The summed E-state index contributed by atoms with van der Waals surface area (Å²) in [7, 11) is 0. The molecule has 0 bridgehead atoms. The molecule has 0 aliphatic rings. The van der Waals surface area contributed by atoms with Gasteiger partial charge in [-0.3, -0.25) is 4.79 Å². The highest BCUT2D eigenvalue weighted by Crippen LogP contribution is 2.28. The maximum atomic E-state index is 11.6. The lowest BCUT2D eigenvalue weighted by atomic mass is 10.0. The Hall–Kier alpha value is -4.39. The summed E-state index contributed by atoms with van der Waals surface area (Å²) >= 11 is 0. The summed E-state index contributed by atoms with van der Waals surface area (Å²) in [5.41, 5.74) is 5.31. The molecule has 0 aliphatic carbocycles. The minimum Gasteiger partial charge on any atom is -0.324 e. The van der Waals surface area contributed by atoms with E-state index in [-0.39, 0.29) is 5.78 Å². The molecule has 0 aliphatic heterocycles. The standard InChI is InChI=1S/C25H20N6O/c1-16(32)18-6-8-19(9-7-18)23-5-3-4-20-14-26-25(29-24(20)23)28-21-10-12-22(13-11-21)31-15-27-17(2)30-31/h3-15H,1-2H3,(H,26,28,29). The second kappa shape index (κ2) is 8.03. The number of rotatable bonds is 5. The summed E-state index contributed by atoms with van der Waals surface area (Å²) in [4.78, 5) is 25.0. The van der Waals surface area contributed by atoms with Gasteiger partial charge in [0.25, 0.3) is 0 Å². The zero-order valence-corrected chi connectivity index (χ0v) is 17.6. The Balaban J connectivity index is 1.45. The van der Waals surface area contributed by atoms with Crippen molar-refractivity contribution >= 4 is 28.3 Å². The molecule has 1 N–H and O–H groups in total. The number of anilines is 2. The van der Waals surface area contributed by atoms with Crippen LogP contribution in [0, 0.1) is 6.92 Å². The molecule has 0 saturated carbocycles. The first kappa shape index (κ1) is 19.6. The van der Waals surface area contributed by atoms with Gasteiger partial charge in [-0.15, -0.1) is 0 Å². The number of fused-ring (bicyclic) bond motifs is 1. The number of carbonyl (C=O) groups excluding carboxylic acids is 1. The number of Topliss-reactive ketones (excluding diaryl/α,β-unsaturated/α-hetero) is 1. The van der Waals surface area contributed by atoms with Crippen LogP contribution in [0.2, 0.25) is 0 Å². The molecule has 0 unspecified atom stereocenters. The number of carbonyl (C=O) groups is 1. The van der Waals surface area contributed by atoms with Crippen molar-refractivity contribution in [3.63, 3.8) is 0 Å². The highest BCUT2D eigenvalue weighted by Gasteiger charge is 2.09. The van der Waals surface area contributed by atoms with Gasteiger partial charge in [0.15, 0.2) is 5.78 Å². The fraction of sp³-hybridized carbons (Fsp3) is 0.0800. The number of aromatic nitrogens is 5. The molecule has 0 spiro atoms. The molecule has 5 aromatic rings. The molecule has 0 saturated heterocycles. The summed E-state index contributed by atoms with van der Waals surface area (Å²) in [5, 5.41) is 8.54. The van der Waals surface area contributed by atoms with Gasteiger partial charge in [0, 0.05) is 28.4 Å². The predicted molar refractivity (Wildman–Crippen MR) is 124 cm³/mol. The minimum atomic E-state index is 0.0493. The zero-order chi connectivity index (χ0) is 22.1. The van der Waals surface area contributed by atoms with Crippen LogP contribution < -0.4 is 5.32 Å². The number of benzene rings is 3. The van der Waals surface area contributed by atoms with Crippen LogP contribution in [-0.2, 0) is 0 Å². The number of para-hydroxylation sites is 1. The molecule has 5 rings (SSSR count). The monoisotopic (exact) mass is 420 g/mol. The van der Waals surface area contributed by atoms with Gasteiger partial charge in [-0.25, -0.2) is 19.6 Å². The smallest absolute Gasteiger partial charge is 0.227 e. The van der Waals surface area contributed by atoms with Crippen LogP contribution in [0.25, 0.3) is 27.7 Å². The van der Waals surface area contributed by atoms with Gasteiger partial charge >= 0.3 is 0 Å². The lowest BCUT2D eigenvalue weighted by Gasteiger charge is -2.10. The topological polar surface area (TPSA) is 85.6 Å². The number of hydrogen-bond donors (Lipinski definition) is 1. The second-order valence-corrected chi connectivity index (χ2v) is 7.48. The largest absolute Gasteiger partial charge is 0.324 e. The fourth-order valence-electron chi connectivity index (χ4n) is 3.53. The van der Waals surface area contributed by atoms with Crippen molar-refractivity contribution in [3.8, 4) is 16.8 Å². The van der Waals surface area contributed by atoms with E-state index in [1.807, 2.05) is 79.9 Å². The second-order valence-electron chi connectivity index (χ2n) is 7.48. The van der Waals surface area contributed by atoms with E-state index in [4.69, 9.17) is 4.98 Å². The van der Waals surface area contributed by atoms with Crippen molar-refractivity contribution < 1.29 is 4.79 Å². The van der Waals surface area contributed by atoms with Gasteiger partial charge in [0.1, 0.15) is 12.2 Å². The SMILES string of the molecule is CC(=O)c1ccc(-c2cccc3cnc(Nc4ccc(-n5cnc(C)n5)cc4)nc23)cc1. The molecule has 2 aromatic heterocycles. The third-order valence-electron chi connectivity index (χ3n) is 5.21. The van der Waals surface area contributed by atoms with E-state index in [0.717, 1.165) is 39.2 Å². The van der Waals surface area contributed by atoms with Crippen LogP contribution in [0.4, 0.5) is 11.6 Å². The number of ketones is 1. The van der Waals surface area contributed by atoms with Crippen LogP contribution in [0.3, 0.4) is 0 Å². The first-order chi connectivity index (χ1) is 15.6. The summed E-state index contributed by atoms with van der Waals surface area (Å²) < 4.78 is 1.73. The predicted octanol–water partition coefficient (Wildman–Crippen LogP) is 5.13. The fourth-order valence-corrected chi connectivity index (χ4v) is 3.53. The molecule has 7 heteroatoms. The van der Waals surface area contributed by atoms with Gasteiger partial charge in [-0.05, 0) is 43.7 Å². The normalized spacial score (nSPS) is 10.9. The lowest BCUT2D eigenvalue weighted by molar-refractivity contribution is 0.101. The van der Waals surface area contributed by atoms with Crippen LogP contribution in [0.5, 0.6) is 0 Å². The molecule has 156 valence electrons. The summed E-state index contributed by atoms with van der Waals surface area (Å²) in [5.74, 6) is 1.28. The van der Waals surface area contributed by atoms with Crippen molar-refractivity contribution in [1.82, 2.24) is 24.7 Å². The molecule has 7 nitrogen and oxygen atoms in total. The lowest BCUT2D eigenvalue weighted by Crippen LogP contribution is -1.99. The molecular formula is C25H20N6O. The van der Waals surface area contributed by atoms with Gasteiger partial charge in [0.2, 0.25) is 5.95 Å². The molecule has 3 aromatic carbocycles. The third-order valence-corrected chi connectivity index (χ3v) is 5.21. The Kier molecular flexibility index (Phi) is 4.91. The van der Waals surface area contributed by atoms with Crippen molar-refractivity contribution in [2.75, 3.05) is 5.32 Å². The van der Waals surface area contributed by atoms with E-state index < -0.39 is 0 Å². The molecule has 0 atom stereocenters. The van der Waals surface area contributed by atoms with E-state index in [1.54, 1.807) is 17.9 Å². The molecule has 0 fully saturated rings. The van der Waals surface area contributed by atoms with E-state index >= 15 is 0 Å². The molecule has 32 heavy (non-hydrogen) atoms. The molecular weight excluding hydrogens is 400 g/mol. The van der Waals surface area contributed by atoms with Crippen molar-refractivity contribution in [1.29, 1.82) is 0 Å². The maximum Gasteiger partial charge on any atom is 0.227 e. The Bertz CT molecular complexity index is 1420. The first-order valence-electron chi connectivity index (χ1n) is 10.2. The zero-order valence-electron chi connectivity index (χ0n) is 17.6. The van der Waals surface area contributed by atoms with Gasteiger partial charge in [0.05, 0.1) is 11.2 Å². The van der Waals surface area contributed by atoms with Gasteiger partial charge in [-0.1, -0.05) is 42.5 Å². The van der Waals surface area contributed by atoms with Crippen molar-refractivity contribution in [2.24, 2.45) is 0 Å². The van der Waals surface area contributed by atoms with Crippen LogP contribution >= 0.6 is 0 Å². The third kappa shape index (κ3) is 3.83. The quantitative estimate of drug-likeness (QED) is 0.397. The Morgan fingerprint density at radius 2 is 1.72 bits per heavy atom. The number of nitrogens with zero attached hydrogens (tertiary/aromatic N) is 5.